The summed E-state index contributed by atoms with van der Waals surface area (Å²) < 4.78 is 0. The summed E-state index contributed by atoms with van der Waals surface area (Å²) in [7, 11) is 0. The summed E-state index contributed by atoms with van der Waals surface area (Å²) in [5.74, 6) is 0.868. The fourth-order valence-corrected chi connectivity index (χ4v) is 3.12. The third-order valence-electron chi connectivity index (χ3n) is 4.06. The summed E-state index contributed by atoms with van der Waals surface area (Å²) in [4.78, 5) is 4.33. The first-order valence-electron chi connectivity index (χ1n) is 7.45. The van der Waals surface area contributed by atoms with E-state index < -0.39 is 0 Å². The summed E-state index contributed by atoms with van der Waals surface area (Å²) >= 11 is 6.30. The Bertz CT molecular complexity index is 740. The van der Waals surface area contributed by atoms with Crippen LogP contribution in [0.3, 0.4) is 0 Å². The Kier molecular flexibility index (Phi) is 4.03. The minimum atomic E-state index is 0.323. The molecular formula is C17H19ClN4. The number of nitrogens with two attached hydrogens (primary N) is 1. The van der Waals surface area contributed by atoms with Crippen molar-refractivity contribution < 1.29 is 0 Å². The van der Waals surface area contributed by atoms with E-state index in [1.54, 1.807) is 13.0 Å². The van der Waals surface area contributed by atoms with Crippen molar-refractivity contribution in [1.82, 2.24) is 4.98 Å². The van der Waals surface area contributed by atoms with Gasteiger partial charge in [0.25, 0.3) is 0 Å². The minimum Gasteiger partial charge on any atom is -0.383 e. The van der Waals surface area contributed by atoms with Crippen molar-refractivity contribution in [3.8, 4) is 0 Å². The van der Waals surface area contributed by atoms with Gasteiger partial charge in [0, 0.05) is 17.0 Å². The highest BCUT2D eigenvalue weighted by atomic mass is 35.5. The SMILES string of the molecule is CC(=N)c1cc(Cl)c(Nc2cccc3c2CCCC3)nc1N. The predicted molar refractivity (Wildman–Crippen MR) is 92.5 cm³/mol. The van der Waals surface area contributed by atoms with Crippen molar-refractivity contribution in [2.45, 2.75) is 32.6 Å². The maximum atomic E-state index is 7.69. The molecule has 0 amide bonds. The van der Waals surface area contributed by atoms with Crippen molar-refractivity contribution >= 4 is 34.6 Å². The number of pyridine rings is 1. The maximum absolute atomic E-state index is 7.69. The van der Waals surface area contributed by atoms with Crippen LogP contribution < -0.4 is 11.1 Å². The average molecular weight is 315 g/mol. The van der Waals surface area contributed by atoms with Crippen molar-refractivity contribution in [1.29, 1.82) is 5.41 Å². The molecule has 4 N–H and O–H groups in total. The molecule has 0 radical (unpaired) electrons. The Hall–Kier alpha value is -2.07. The zero-order chi connectivity index (χ0) is 15.7. The lowest BCUT2D eigenvalue weighted by atomic mass is 9.90. The molecule has 0 saturated carbocycles. The van der Waals surface area contributed by atoms with E-state index in [1.807, 2.05) is 6.07 Å². The molecule has 0 fully saturated rings. The van der Waals surface area contributed by atoms with Gasteiger partial charge in [-0.15, -0.1) is 0 Å². The molecule has 1 aromatic heterocycles. The molecule has 5 heteroatoms. The van der Waals surface area contributed by atoms with Gasteiger partial charge in [-0.25, -0.2) is 4.98 Å². The largest absolute Gasteiger partial charge is 0.383 e. The first-order valence-corrected chi connectivity index (χ1v) is 7.83. The molecule has 0 aliphatic heterocycles. The van der Waals surface area contributed by atoms with Crippen LogP contribution in [0.5, 0.6) is 0 Å². The van der Waals surface area contributed by atoms with Gasteiger partial charge in [0.15, 0.2) is 5.82 Å². The zero-order valence-electron chi connectivity index (χ0n) is 12.5. The lowest BCUT2D eigenvalue weighted by Gasteiger charge is -2.20. The van der Waals surface area contributed by atoms with Crippen molar-refractivity contribution in [2.24, 2.45) is 0 Å². The molecule has 1 heterocycles. The molecule has 4 nitrogen and oxygen atoms in total. The van der Waals surface area contributed by atoms with Gasteiger partial charge < -0.3 is 16.5 Å². The van der Waals surface area contributed by atoms with Crippen LogP contribution in [0.25, 0.3) is 0 Å². The number of anilines is 3. The topological polar surface area (TPSA) is 74.8 Å². The van der Waals surface area contributed by atoms with E-state index in [2.05, 4.69) is 22.4 Å². The Morgan fingerprint density at radius 2 is 2.09 bits per heavy atom. The second-order valence-corrected chi connectivity index (χ2v) is 6.06. The van der Waals surface area contributed by atoms with E-state index >= 15 is 0 Å². The minimum absolute atomic E-state index is 0.323. The molecule has 1 aliphatic rings. The molecule has 0 bridgehead atoms. The Balaban J connectivity index is 1.97. The quantitative estimate of drug-likeness (QED) is 0.738. The molecule has 0 saturated heterocycles. The number of rotatable bonds is 3. The lowest BCUT2D eigenvalue weighted by Crippen LogP contribution is -2.09. The molecule has 1 aliphatic carbocycles. The predicted octanol–water partition coefficient (Wildman–Crippen LogP) is 4.33. The molecule has 2 aromatic rings. The Labute approximate surface area is 135 Å². The van der Waals surface area contributed by atoms with Crippen LogP contribution in [0.2, 0.25) is 5.02 Å². The molecular weight excluding hydrogens is 296 g/mol. The van der Waals surface area contributed by atoms with Gasteiger partial charge in [0.2, 0.25) is 0 Å². The Morgan fingerprint density at radius 1 is 1.32 bits per heavy atom. The number of nitrogens with one attached hydrogen (secondary N) is 2. The number of aromatic nitrogens is 1. The monoisotopic (exact) mass is 314 g/mol. The van der Waals surface area contributed by atoms with Gasteiger partial charge in [-0.2, -0.15) is 0 Å². The van der Waals surface area contributed by atoms with E-state index in [0.29, 0.717) is 27.9 Å². The molecule has 3 rings (SSSR count). The molecule has 22 heavy (non-hydrogen) atoms. The fraction of sp³-hybridized carbons (Fsp3) is 0.294. The van der Waals surface area contributed by atoms with Gasteiger partial charge in [0.1, 0.15) is 5.82 Å². The second-order valence-electron chi connectivity index (χ2n) is 5.65. The number of benzene rings is 1. The van der Waals surface area contributed by atoms with Crippen LogP contribution in [-0.4, -0.2) is 10.7 Å². The molecule has 0 atom stereocenters. The molecule has 1 aromatic carbocycles. The summed E-state index contributed by atoms with van der Waals surface area (Å²) in [5.41, 5.74) is 10.7. The molecule has 114 valence electrons. The van der Waals surface area contributed by atoms with Crippen molar-refractivity contribution in [3.63, 3.8) is 0 Å². The third-order valence-corrected chi connectivity index (χ3v) is 4.35. The Morgan fingerprint density at radius 3 is 2.86 bits per heavy atom. The van der Waals surface area contributed by atoms with Crippen LogP contribution in [0.1, 0.15) is 36.5 Å². The lowest BCUT2D eigenvalue weighted by molar-refractivity contribution is 0.687. The van der Waals surface area contributed by atoms with Gasteiger partial charge in [-0.3, -0.25) is 0 Å². The number of halogens is 1. The van der Waals surface area contributed by atoms with Crippen LogP contribution in [0.15, 0.2) is 24.3 Å². The van der Waals surface area contributed by atoms with Crippen LogP contribution in [-0.2, 0) is 12.8 Å². The zero-order valence-corrected chi connectivity index (χ0v) is 13.3. The van der Waals surface area contributed by atoms with Crippen LogP contribution in [0, 0.1) is 5.41 Å². The van der Waals surface area contributed by atoms with Crippen LogP contribution in [0.4, 0.5) is 17.3 Å². The summed E-state index contributed by atoms with van der Waals surface area (Å²) in [5, 5.41) is 11.5. The van der Waals surface area contributed by atoms with E-state index in [4.69, 9.17) is 22.7 Å². The first kappa shape index (κ1) is 14.9. The van der Waals surface area contributed by atoms with E-state index in [0.717, 1.165) is 18.5 Å². The first-order chi connectivity index (χ1) is 10.6. The van der Waals surface area contributed by atoms with Gasteiger partial charge in [-0.05, 0) is 55.9 Å². The highest BCUT2D eigenvalue weighted by Gasteiger charge is 2.15. The highest BCUT2D eigenvalue weighted by Crippen LogP contribution is 2.32. The number of hydrogen-bond acceptors (Lipinski definition) is 4. The van der Waals surface area contributed by atoms with Gasteiger partial charge in [0.05, 0.1) is 5.02 Å². The number of nitrogen functional groups attached to an aromatic ring is 1. The number of nitrogens with zero attached hydrogens (tertiary/aromatic N) is 1. The second kappa shape index (κ2) is 5.97. The van der Waals surface area contributed by atoms with E-state index in [-0.39, 0.29) is 0 Å². The van der Waals surface area contributed by atoms with E-state index in [9.17, 15) is 0 Å². The summed E-state index contributed by atoms with van der Waals surface area (Å²) in [6.45, 7) is 1.67. The van der Waals surface area contributed by atoms with E-state index in [1.165, 1.54) is 24.0 Å². The molecule has 0 spiro atoms. The van der Waals surface area contributed by atoms with Crippen molar-refractivity contribution in [2.75, 3.05) is 11.1 Å². The standard InChI is InChI=1S/C17H19ClN4/c1-10(19)13-9-14(18)17(22-16(13)20)21-15-8-4-6-11-5-2-3-7-12(11)15/h4,6,8-9,19H,2-3,5,7H2,1H3,(H3,20,21,22). The third kappa shape index (κ3) is 2.79. The summed E-state index contributed by atoms with van der Waals surface area (Å²) in [6, 6.07) is 7.99. The average Bonchev–Trinajstić information content (AvgIpc) is 2.50. The fourth-order valence-electron chi connectivity index (χ4n) is 2.92. The van der Waals surface area contributed by atoms with Crippen LogP contribution >= 0.6 is 11.6 Å². The summed E-state index contributed by atoms with van der Waals surface area (Å²) in [6.07, 6.45) is 4.65. The highest BCUT2D eigenvalue weighted by molar-refractivity contribution is 6.33. The number of hydrogen-bond donors (Lipinski definition) is 3. The van der Waals surface area contributed by atoms with Gasteiger partial charge >= 0.3 is 0 Å². The van der Waals surface area contributed by atoms with Crippen molar-refractivity contribution in [3.05, 3.63) is 46.0 Å². The number of aryl methyl sites for hydroxylation is 1. The maximum Gasteiger partial charge on any atom is 0.151 e. The smallest absolute Gasteiger partial charge is 0.151 e. The normalized spacial score (nSPS) is 13.5. The molecule has 0 unspecified atom stereocenters. The van der Waals surface area contributed by atoms with Gasteiger partial charge in [-0.1, -0.05) is 23.7 Å². The number of fused-ring (bicyclic) bond motifs is 1.